The summed E-state index contributed by atoms with van der Waals surface area (Å²) in [6.45, 7) is 0.529. The number of amides is 1. The maximum Gasteiger partial charge on any atom is 0.307 e. The van der Waals surface area contributed by atoms with Crippen LogP contribution >= 0.6 is 0 Å². The van der Waals surface area contributed by atoms with Gasteiger partial charge in [-0.15, -0.1) is 0 Å². The van der Waals surface area contributed by atoms with Crippen LogP contribution in [0.15, 0.2) is 54.9 Å². The summed E-state index contributed by atoms with van der Waals surface area (Å²) in [6, 6.07) is 9.44. The van der Waals surface area contributed by atoms with E-state index in [-0.39, 0.29) is 24.6 Å². The molecule has 1 aromatic carbocycles. The van der Waals surface area contributed by atoms with Crippen LogP contribution in [0.25, 0.3) is 6.08 Å². The topological polar surface area (TPSA) is 103 Å². The number of ether oxygens (including phenoxy) is 1. The van der Waals surface area contributed by atoms with Crippen LogP contribution in [-0.4, -0.2) is 40.3 Å². The molecule has 0 bridgehead atoms. The second-order valence-corrected chi connectivity index (χ2v) is 5.62. The van der Waals surface area contributed by atoms with Crippen LogP contribution in [0.5, 0.6) is 0 Å². The van der Waals surface area contributed by atoms with Crippen LogP contribution in [0.3, 0.4) is 0 Å². The van der Waals surface area contributed by atoms with E-state index in [4.69, 9.17) is 0 Å². The zero-order chi connectivity index (χ0) is 19.6. The lowest BCUT2D eigenvalue weighted by atomic mass is 10.2. The van der Waals surface area contributed by atoms with E-state index in [1.54, 1.807) is 42.7 Å². The molecule has 0 aliphatic carbocycles. The second kappa shape index (κ2) is 9.81. The molecular weight excluding hydrogens is 350 g/mol. The highest BCUT2D eigenvalue weighted by atomic mass is 16.6. The third-order valence-corrected chi connectivity index (χ3v) is 3.77. The molecule has 27 heavy (non-hydrogen) atoms. The van der Waals surface area contributed by atoms with E-state index < -0.39 is 10.9 Å². The Balaban J connectivity index is 2.09. The molecule has 0 fully saturated rings. The molecule has 140 valence electrons. The van der Waals surface area contributed by atoms with Gasteiger partial charge in [0, 0.05) is 43.7 Å². The Bertz CT molecular complexity index is 819. The van der Waals surface area contributed by atoms with Crippen molar-refractivity contribution in [3.05, 3.63) is 76.1 Å². The number of hydrogen-bond donors (Lipinski definition) is 0. The summed E-state index contributed by atoms with van der Waals surface area (Å²) in [4.78, 5) is 39.6. The predicted octanol–water partition coefficient (Wildman–Crippen LogP) is 2.59. The molecule has 0 unspecified atom stereocenters. The van der Waals surface area contributed by atoms with Crippen molar-refractivity contribution in [2.45, 2.75) is 13.0 Å². The standard InChI is InChI=1S/C19H19N3O5/c1-27-19(24)10-13-21(14-16-8-11-20-12-9-16)18(23)7-4-15-2-5-17(6-3-15)22(25)26/h2-9,11-12H,10,13-14H2,1H3/b7-4+. The molecule has 0 aliphatic rings. The van der Waals surface area contributed by atoms with Gasteiger partial charge in [-0.1, -0.05) is 0 Å². The Kier molecular flexibility index (Phi) is 7.18. The number of carbonyl (C=O) groups is 2. The van der Waals surface area contributed by atoms with Gasteiger partial charge in [0.25, 0.3) is 5.69 Å². The highest BCUT2D eigenvalue weighted by molar-refractivity contribution is 5.92. The summed E-state index contributed by atoms with van der Waals surface area (Å²) in [5, 5.41) is 10.7. The molecule has 0 aliphatic heterocycles. The molecule has 0 spiro atoms. The molecule has 0 saturated carbocycles. The summed E-state index contributed by atoms with van der Waals surface area (Å²) in [5.74, 6) is -0.684. The second-order valence-electron chi connectivity index (χ2n) is 5.62. The number of aromatic nitrogens is 1. The van der Waals surface area contributed by atoms with Gasteiger partial charge in [-0.05, 0) is 41.5 Å². The van der Waals surface area contributed by atoms with E-state index in [1.807, 2.05) is 0 Å². The molecule has 8 heteroatoms. The molecule has 0 saturated heterocycles. The van der Waals surface area contributed by atoms with Gasteiger partial charge >= 0.3 is 5.97 Å². The number of carbonyl (C=O) groups excluding carboxylic acids is 2. The van der Waals surface area contributed by atoms with Crippen LogP contribution in [-0.2, 0) is 20.9 Å². The largest absolute Gasteiger partial charge is 0.469 e. The Labute approximate surface area is 156 Å². The Morgan fingerprint density at radius 2 is 1.85 bits per heavy atom. The number of benzene rings is 1. The fourth-order valence-electron chi connectivity index (χ4n) is 2.28. The smallest absolute Gasteiger partial charge is 0.307 e. The van der Waals surface area contributed by atoms with Crippen molar-refractivity contribution < 1.29 is 19.2 Å². The van der Waals surface area contributed by atoms with E-state index in [1.165, 1.54) is 30.2 Å². The Hall–Kier alpha value is -3.55. The zero-order valence-electron chi connectivity index (χ0n) is 14.8. The van der Waals surface area contributed by atoms with E-state index >= 15 is 0 Å². The molecule has 1 aromatic heterocycles. The molecular formula is C19H19N3O5. The van der Waals surface area contributed by atoms with Crippen LogP contribution in [0.1, 0.15) is 17.5 Å². The van der Waals surface area contributed by atoms with Gasteiger partial charge in [0.05, 0.1) is 18.5 Å². The quantitative estimate of drug-likeness (QED) is 0.307. The lowest BCUT2D eigenvalue weighted by molar-refractivity contribution is -0.384. The summed E-state index contributed by atoms with van der Waals surface area (Å²) in [5.41, 5.74) is 1.52. The lowest BCUT2D eigenvalue weighted by Gasteiger charge is -2.20. The zero-order valence-corrected chi connectivity index (χ0v) is 14.8. The summed E-state index contributed by atoms with van der Waals surface area (Å²) < 4.78 is 4.63. The molecule has 1 amide bonds. The van der Waals surface area contributed by atoms with Gasteiger partial charge in [-0.25, -0.2) is 0 Å². The minimum absolute atomic E-state index is 0.0177. The minimum Gasteiger partial charge on any atom is -0.469 e. The van der Waals surface area contributed by atoms with Crippen molar-refractivity contribution in [1.82, 2.24) is 9.88 Å². The van der Waals surface area contributed by atoms with Gasteiger partial charge in [0.1, 0.15) is 0 Å². The number of pyridine rings is 1. The average Bonchev–Trinajstić information content (AvgIpc) is 2.70. The first-order valence-corrected chi connectivity index (χ1v) is 8.17. The van der Waals surface area contributed by atoms with E-state index in [0.29, 0.717) is 12.1 Å². The Morgan fingerprint density at radius 1 is 1.19 bits per heavy atom. The van der Waals surface area contributed by atoms with E-state index in [9.17, 15) is 19.7 Å². The van der Waals surface area contributed by atoms with E-state index in [0.717, 1.165) is 5.56 Å². The molecule has 8 nitrogen and oxygen atoms in total. The number of esters is 1. The third-order valence-electron chi connectivity index (χ3n) is 3.77. The number of nitrogens with zero attached hydrogens (tertiary/aromatic N) is 3. The number of nitro benzene ring substituents is 1. The van der Waals surface area contributed by atoms with Crippen LogP contribution in [0.4, 0.5) is 5.69 Å². The van der Waals surface area contributed by atoms with Crippen LogP contribution in [0.2, 0.25) is 0 Å². The van der Waals surface area contributed by atoms with Crippen molar-refractivity contribution in [3.8, 4) is 0 Å². The molecule has 0 radical (unpaired) electrons. The number of non-ortho nitro benzene ring substituents is 1. The van der Waals surface area contributed by atoms with Crippen molar-refractivity contribution in [2.24, 2.45) is 0 Å². The number of hydrogen-bond acceptors (Lipinski definition) is 6. The van der Waals surface area contributed by atoms with Gasteiger partial charge in [-0.2, -0.15) is 0 Å². The monoisotopic (exact) mass is 369 g/mol. The SMILES string of the molecule is COC(=O)CCN(Cc1ccncc1)C(=O)/C=C/c1ccc([N+](=O)[O-])cc1. The maximum atomic E-state index is 12.6. The van der Waals surface area contributed by atoms with Gasteiger partial charge in [0.15, 0.2) is 0 Å². The van der Waals surface area contributed by atoms with Crippen LogP contribution in [0, 0.1) is 10.1 Å². The molecule has 0 atom stereocenters. The summed E-state index contributed by atoms with van der Waals surface area (Å²) in [7, 11) is 1.30. The minimum atomic E-state index is -0.484. The molecule has 2 rings (SSSR count). The van der Waals surface area contributed by atoms with Gasteiger partial charge < -0.3 is 9.64 Å². The molecule has 1 heterocycles. The van der Waals surface area contributed by atoms with Gasteiger partial charge in [-0.3, -0.25) is 24.7 Å². The first kappa shape index (κ1) is 19.8. The van der Waals surface area contributed by atoms with Crippen molar-refractivity contribution in [2.75, 3.05) is 13.7 Å². The normalized spacial score (nSPS) is 10.6. The number of rotatable bonds is 8. The first-order chi connectivity index (χ1) is 13.0. The van der Waals surface area contributed by atoms with Crippen molar-refractivity contribution in [1.29, 1.82) is 0 Å². The van der Waals surface area contributed by atoms with Crippen LogP contribution < -0.4 is 0 Å². The summed E-state index contributed by atoms with van der Waals surface area (Å²) >= 11 is 0. The van der Waals surface area contributed by atoms with Crippen molar-refractivity contribution in [3.63, 3.8) is 0 Å². The summed E-state index contributed by atoms with van der Waals surface area (Å²) in [6.07, 6.45) is 6.29. The molecule has 0 N–H and O–H groups in total. The number of nitro groups is 1. The highest BCUT2D eigenvalue weighted by Gasteiger charge is 2.14. The number of methoxy groups -OCH3 is 1. The fourth-order valence-corrected chi connectivity index (χ4v) is 2.28. The fraction of sp³-hybridized carbons (Fsp3) is 0.211. The van der Waals surface area contributed by atoms with E-state index in [2.05, 4.69) is 9.72 Å². The molecule has 2 aromatic rings. The average molecular weight is 369 g/mol. The highest BCUT2D eigenvalue weighted by Crippen LogP contribution is 2.13. The lowest BCUT2D eigenvalue weighted by Crippen LogP contribution is -2.31. The third kappa shape index (κ3) is 6.35. The van der Waals surface area contributed by atoms with Gasteiger partial charge in [0.2, 0.25) is 5.91 Å². The Morgan fingerprint density at radius 3 is 2.44 bits per heavy atom. The first-order valence-electron chi connectivity index (χ1n) is 8.17. The van der Waals surface area contributed by atoms with Crippen molar-refractivity contribution >= 4 is 23.6 Å². The predicted molar refractivity (Wildman–Crippen MR) is 98.4 cm³/mol. The maximum absolute atomic E-state index is 12.6.